The van der Waals surface area contributed by atoms with Gasteiger partial charge in [0.2, 0.25) is 0 Å². The zero-order chi connectivity index (χ0) is 10.4. The first-order valence-corrected chi connectivity index (χ1v) is 8.28. The van der Waals surface area contributed by atoms with Gasteiger partial charge < -0.3 is 10.2 Å². The maximum Gasteiger partial charge on any atom is 0.0530 e. The fourth-order valence-electron chi connectivity index (χ4n) is 0.177. The predicted molar refractivity (Wildman–Crippen MR) is 67.3 cm³/mol. The number of unbranched alkanes of at least 4 members (excludes halogenated alkanes) is 1. The molecular formula is C8H20O2S3. The van der Waals surface area contributed by atoms with Crippen molar-refractivity contribution in [3.05, 3.63) is 0 Å². The molecule has 0 fully saturated rings. The average Bonchev–Trinajstić information content (AvgIpc) is 2.18. The molecule has 5 heteroatoms. The Morgan fingerprint density at radius 1 is 0.846 bits per heavy atom. The summed E-state index contributed by atoms with van der Waals surface area (Å²) >= 11 is 0. The standard InChI is InChI=1S/C4H10O2S3.C4H10/c5-1-3-7-9-8-4-2-6;1-3-4-2/h5-6H,1-4H2;3-4H2,1-2H3. The van der Waals surface area contributed by atoms with Crippen LogP contribution < -0.4 is 0 Å². The van der Waals surface area contributed by atoms with Crippen molar-refractivity contribution < 1.29 is 10.2 Å². The van der Waals surface area contributed by atoms with E-state index >= 15 is 0 Å². The molecule has 0 aromatic rings. The van der Waals surface area contributed by atoms with Crippen molar-refractivity contribution in [2.75, 3.05) is 24.7 Å². The van der Waals surface area contributed by atoms with Crippen molar-refractivity contribution in [3.8, 4) is 0 Å². The first-order valence-electron chi connectivity index (χ1n) is 4.46. The Bertz CT molecular complexity index is 66.4. The molecule has 0 unspecified atom stereocenters. The Morgan fingerprint density at radius 3 is 1.46 bits per heavy atom. The number of aliphatic hydroxyl groups excluding tert-OH is 2. The molecule has 13 heavy (non-hydrogen) atoms. The maximum absolute atomic E-state index is 8.33. The van der Waals surface area contributed by atoms with Gasteiger partial charge in [-0.3, -0.25) is 0 Å². The highest BCUT2D eigenvalue weighted by Gasteiger charge is 1.88. The molecule has 0 bridgehead atoms. The SMILES string of the molecule is CCCC.OCCSSSCCO. The van der Waals surface area contributed by atoms with Gasteiger partial charge in [-0.2, -0.15) is 0 Å². The summed E-state index contributed by atoms with van der Waals surface area (Å²) in [6, 6.07) is 0. The normalized spacial score (nSPS) is 9.23. The Labute approximate surface area is 93.1 Å². The Balaban J connectivity index is 0. The van der Waals surface area contributed by atoms with E-state index in [4.69, 9.17) is 10.2 Å². The van der Waals surface area contributed by atoms with E-state index in [9.17, 15) is 0 Å². The van der Waals surface area contributed by atoms with Crippen LogP contribution >= 0.6 is 31.4 Å². The second-order valence-electron chi connectivity index (χ2n) is 2.16. The fraction of sp³-hybridized carbons (Fsp3) is 1.00. The number of hydrogen-bond donors (Lipinski definition) is 2. The molecule has 0 atom stereocenters. The summed E-state index contributed by atoms with van der Waals surface area (Å²) in [5, 5.41) is 16.7. The monoisotopic (exact) mass is 244 g/mol. The number of aliphatic hydroxyl groups is 2. The zero-order valence-electron chi connectivity index (χ0n) is 8.36. The van der Waals surface area contributed by atoms with Crippen molar-refractivity contribution in [1.29, 1.82) is 0 Å². The van der Waals surface area contributed by atoms with Gasteiger partial charge in [-0.25, -0.2) is 0 Å². The number of rotatable bonds is 7. The van der Waals surface area contributed by atoms with Gasteiger partial charge in [0.25, 0.3) is 0 Å². The van der Waals surface area contributed by atoms with Crippen LogP contribution in [0.4, 0.5) is 0 Å². The quantitative estimate of drug-likeness (QED) is 0.532. The van der Waals surface area contributed by atoms with Gasteiger partial charge in [-0.05, 0) is 9.83 Å². The van der Waals surface area contributed by atoms with Gasteiger partial charge in [0.1, 0.15) is 0 Å². The minimum absolute atomic E-state index is 0.233. The maximum atomic E-state index is 8.33. The highest BCUT2D eigenvalue weighted by Crippen LogP contribution is 2.33. The summed E-state index contributed by atoms with van der Waals surface area (Å²) in [6.07, 6.45) is 2.64. The van der Waals surface area contributed by atoms with E-state index in [1.807, 2.05) is 0 Å². The van der Waals surface area contributed by atoms with Crippen molar-refractivity contribution in [3.63, 3.8) is 0 Å². The van der Waals surface area contributed by atoms with Gasteiger partial charge in [0.05, 0.1) is 13.2 Å². The summed E-state index contributed by atoms with van der Waals surface area (Å²) in [5.41, 5.74) is 0. The molecule has 0 saturated heterocycles. The molecule has 0 aromatic carbocycles. The van der Waals surface area contributed by atoms with Crippen LogP contribution in [0, 0.1) is 0 Å². The lowest BCUT2D eigenvalue weighted by Gasteiger charge is -1.94. The molecule has 2 nitrogen and oxygen atoms in total. The lowest BCUT2D eigenvalue weighted by atomic mass is 10.4. The third-order valence-electron chi connectivity index (χ3n) is 0.945. The van der Waals surface area contributed by atoms with Crippen LogP contribution in [0.5, 0.6) is 0 Å². The van der Waals surface area contributed by atoms with Crippen LogP contribution in [0.1, 0.15) is 26.7 Å². The summed E-state index contributed by atoms with van der Waals surface area (Å²) in [5.74, 6) is 1.53. The molecule has 82 valence electrons. The van der Waals surface area contributed by atoms with Gasteiger partial charge in [0.15, 0.2) is 0 Å². The predicted octanol–water partition coefficient (Wildman–Crippen LogP) is 2.81. The molecule has 0 aliphatic heterocycles. The van der Waals surface area contributed by atoms with E-state index in [-0.39, 0.29) is 13.2 Å². The van der Waals surface area contributed by atoms with Gasteiger partial charge >= 0.3 is 0 Å². The van der Waals surface area contributed by atoms with Crippen molar-refractivity contribution >= 4 is 31.4 Å². The van der Waals surface area contributed by atoms with E-state index in [0.717, 1.165) is 11.5 Å². The number of hydrogen-bond acceptors (Lipinski definition) is 5. The second kappa shape index (κ2) is 18.7. The van der Waals surface area contributed by atoms with Crippen LogP contribution in [-0.2, 0) is 0 Å². The molecule has 0 spiro atoms. The Hall–Kier alpha value is 0.970. The van der Waals surface area contributed by atoms with Crippen LogP contribution in [-0.4, -0.2) is 34.9 Å². The lowest BCUT2D eigenvalue weighted by molar-refractivity contribution is 0.322. The molecule has 0 saturated carbocycles. The summed E-state index contributed by atoms with van der Waals surface area (Å²) in [6.45, 7) is 4.83. The van der Waals surface area contributed by atoms with Crippen molar-refractivity contribution in [2.24, 2.45) is 0 Å². The summed E-state index contributed by atoms with van der Waals surface area (Å²) in [7, 11) is 4.84. The molecule has 2 N–H and O–H groups in total. The van der Waals surface area contributed by atoms with Crippen LogP contribution in [0.25, 0.3) is 0 Å². The topological polar surface area (TPSA) is 40.5 Å². The minimum atomic E-state index is 0.233. The first-order chi connectivity index (χ1) is 6.33. The highest BCUT2D eigenvalue weighted by atomic mass is 33.5. The van der Waals surface area contributed by atoms with Gasteiger partial charge in [-0.15, -0.1) is 0 Å². The third-order valence-corrected chi connectivity index (χ3v) is 5.15. The Morgan fingerprint density at radius 2 is 1.23 bits per heavy atom. The van der Waals surface area contributed by atoms with Crippen molar-refractivity contribution in [2.45, 2.75) is 26.7 Å². The Kier molecular flexibility index (Phi) is 23.6. The highest BCUT2D eigenvalue weighted by molar-refractivity contribution is 9.09. The smallest absolute Gasteiger partial charge is 0.0530 e. The van der Waals surface area contributed by atoms with E-state index in [1.165, 1.54) is 12.8 Å². The van der Waals surface area contributed by atoms with E-state index < -0.39 is 0 Å². The molecule has 0 aliphatic carbocycles. The lowest BCUT2D eigenvalue weighted by Crippen LogP contribution is -1.83. The first kappa shape index (κ1) is 16.4. The zero-order valence-corrected chi connectivity index (χ0v) is 10.8. The fourth-order valence-corrected chi connectivity index (χ4v) is 3.43. The minimum Gasteiger partial charge on any atom is -0.395 e. The van der Waals surface area contributed by atoms with Crippen LogP contribution in [0.2, 0.25) is 0 Å². The molecule has 0 rings (SSSR count). The van der Waals surface area contributed by atoms with Gasteiger partial charge in [0, 0.05) is 11.5 Å². The van der Waals surface area contributed by atoms with E-state index in [1.54, 1.807) is 31.4 Å². The molecular weight excluding hydrogens is 224 g/mol. The van der Waals surface area contributed by atoms with Crippen molar-refractivity contribution in [1.82, 2.24) is 0 Å². The van der Waals surface area contributed by atoms with E-state index in [2.05, 4.69) is 13.8 Å². The molecule has 0 aliphatic rings. The van der Waals surface area contributed by atoms with E-state index in [0.29, 0.717) is 0 Å². The molecule has 0 aromatic heterocycles. The molecule has 0 radical (unpaired) electrons. The van der Waals surface area contributed by atoms with Crippen LogP contribution in [0.15, 0.2) is 0 Å². The third kappa shape index (κ3) is 24.6. The largest absolute Gasteiger partial charge is 0.395 e. The molecule has 0 amide bonds. The molecule has 0 heterocycles. The second-order valence-corrected chi connectivity index (χ2v) is 6.63. The van der Waals surface area contributed by atoms with Crippen LogP contribution in [0.3, 0.4) is 0 Å². The van der Waals surface area contributed by atoms with Gasteiger partial charge in [-0.1, -0.05) is 48.3 Å². The summed E-state index contributed by atoms with van der Waals surface area (Å²) < 4.78 is 0. The average molecular weight is 244 g/mol. The summed E-state index contributed by atoms with van der Waals surface area (Å²) in [4.78, 5) is 0.